The van der Waals surface area contributed by atoms with Gasteiger partial charge in [-0.2, -0.15) is 0 Å². The number of aryl methyl sites for hydroxylation is 1. The number of aromatic nitrogens is 4. The zero-order valence-electron chi connectivity index (χ0n) is 9.35. The Kier molecular flexibility index (Phi) is 3.70. The van der Waals surface area contributed by atoms with Crippen LogP contribution in [-0.2, 0) is 11.3 Å². The summed E-state index contributed by atoms with van der Waals surface area (Å²) in [5.41, 5.74) is -0.183. The fraction of sp³-hybridized carbons (Fsp3) is 0.200. The van der Waals surface area contributed by atoms with Crippen molar-refractivity contribution in [1.29, 1.82) is 0 Å². The third kappa shape index (κ3) is 2.84. The van der Waals surface area contributed by atoms with Crippen molar-refractivity contribution in [2.24, 2.45) is 0 Å². The molecule has 0 amide bonds. The Morgan fingerprint density at radius 1 is 1.37 bits per heavy atom. The number of nitrogens with zero attached hydrogens (tertiary/aromatic N) is 4. The lowest BCUT2D eigenvalue weighted by Gasteiger charge is -2.05. The number of tetrazole rings is 1. The highest BCUT2D eigenvalue weighted by Gasteiger charge is 2.17. The van der Waals surface area contributed by atoms with Crippen LogP contribution in [0.4, 0.5) is 8.78 Å². The molecule has 0 aliphatic carbocycles. The maximum Gasteiger partial charge on any atom is 0.305 e. The van der Waals surface area contributed by atoms with Gasteiger partial charge >= 0.3 is 5.97 Å². The van der Waals surface area contributed by atoms with Crippen molar-refractivity contribution in [1.82, 2.24) is 20.2 Å². The molecule has 0 unspecified atom stereocenters. The summed E-state index contributed by atoms with van der Waals surface area (Å²) in [4.78, 5) is 10.5. The minimum Gasteiger partial charge on any atom is -0.481 e. The third-order valence-electron chi connectivity index (χ3n) is 2.32. The predicted octanol–water partition coefficient (Wildman–Crippen LogP) is 1.75. The van der Waals surface area contributed by atoms with Crippen LogP contribution < -0.4 is 0 Å². The Hall–Kier alpha value is -2.09. The maximum absolute atomic E-state index is 13.7. The number of benzene rings is 1. The van der Waals surface area contributed by atoms with E-state index >= 15 is 0 Å². The fourth-order valence-corrected chi connectivity index (χ4v) is 1.59. The zero-order valence-corrected chi connectivity index (χ0v) is 10.1. The second kappa shape index (κ2) is 5.27. The average molecular weight is 289 g/mol. The van der Waals surface area contributed by atoms with Crippen molar-refractivity contribution in [3.05, 3.63) is 28.8 Å². The van der Waals surface area contributed by atoms with E-state index in [1.165, 1.54) is 0 Å². The molecule has 2 aromatic rings. The van der Waals surface area contributed by atoms with Crippen LogP contribution in [0.25, 0.3) is 11.4 Å². The Balaban J connectivity index is 2.40. The number of carboxylic acid groups (broad SMARTS) is 1. The first kappa shape index (κ1) is 13.3. The summed E-state index contributed by atoms with van der Waals surface area (Å²) in [5, 5.41) is 18.6. The molecule has 0 radical (unpaired) electrons. The third-order valence-corrected chi connectivity index (χ3v) is 2.61. The van der Waals surface area contributed by atoms with E-state index in [-0.39, 0.29) is 29.4 Å². The molecule has 9 heteroatoms. The largest absolute Gasteiger partial charge is 0.481 e. The Labute approximate surface area is 110 Å². The number of halogens is 3. The van der Waals surface area contributed by atoms with E-state index in [0.717, 1.165) is 16.8 Å². The van der Waals surface area contributed by atoms with Gasteiger partial charge in [0.15, 0.2) is 5.82 Å². The van der Waals surface area contributed by atoms with Gasteiger partial charge in [0.1, 0.15) is 11.6 Å². The Morgan fingerprint density at radius 2 is 2.11 bits per heavy atom. The van der Waals surface area contributed by atoms with E-state index in [0.29, 0.717) is 0 Å². The normalized spacial score (nSPS) is 10.7. The van der Waals surface area contributed by atoms with Crippen molar-refractivity contribution in [3.8, 4) is 11.4 Å². The van der Waals surface area contributed by atoms with E-state index in [4.69, 9.17) is 16.7 Å². The molecule has 0 spiro atoms. The average Bonchev–Trinajstić information content (AvgIpc) is 2.79. The molecule has 1 N–H and O–H groups in total. The summed E-state index contributed by atoms with van der Waals surface area (Å²) in [6, 6.07) is 1.67. The fourth-order valence-electron chi connectivity index (χ4n) is 1.44. The van der Waals surface area contributed by atoms with Gasteiger partial charge in [-0.1, -0.05) is 11.6 Å². The van der Waals surface area contributed by atoms with E-state index in [2.05, 4.69) is 15.5 Å². The molecule has 0 aliphatic rings. The van der Waals surface area contributed by atoms with Crippen LogP contribution in [0.1, 0.15) is 6.42 Å². The summed E-state index contributed by atoms with van der Waals surface area (Å²) in [6.45, 7) is -0.0542. The molecule has 0 saturated heterocycles. The molecule has 19 heavy (non-hydrogen) atoms. The topological polar surface area (TPSA) is 80.9 Å². The van der Waals surface area contributed by atoms with E-state index in [9.17, 15) is 13.6 Å². The molecule has 100 valence electrons. The molecule has 0 aliphatic heterocycles. The first-order chi connectivity index (χ1) is 8.99. The molecular formula is C10H7ClF2N4O2. The standard InChI is InChI=1S/C10H7ClF2N4O2/c11-6-4-7(12)5(3-8(6)13)10-14-15-16-17(10)2-1-9(18)19/h3-4H,1-2H2,(H,18,19). The van der Waals surface area contributed by atoms with Crippen molar-refractivity contribution in [2.45, 2.75) is 13.0 Å². The SMILES string of the molecule is O=C(O)CCn1nnnc1-c1cc(F)c(Cl)cc1F. The van der Waals surface area contributed by atoms with Crippen LogP contribution in [0.3, 0.4) is 0 Å². The molecule has 0 saturated carbocycles. The first-order valence-corrected chi connectivity index (χ1v) is 5.49. The number of hydrogen-bond acceptors (Lipinski definition) is 4. The molecule has 1 heterocycles. The molecule has 1 aromatic carbocycles. The molecule has 6 nitrogen and oxygen atoms in total. The Morgan fingerprint density at radius 3 is 2.79 bits per heavy atom. The van der Waals surface area contributed by atoms with Gasteiger partial charge in [-0.25, -0.2) is 13.5 Å². The van der Waals surface area contributed by atoms with Crippen molar-refractivity contribution in [3.63, 3.8) is 0 Å². The van der Waals surface area contributed by atoms with Crippen LogP contribution in [0, 0.1) is 11.6 Å². The van der Waals surface area contributed by atoms with E-state index in [1.54, 1.807) is 0 Å². The summed E-state index contributed by atoms with van der Waals surface area (Å²) >= 11 is 5.44. The van der Waals surface area contributed by atoms with Gasteiger partial charge in [-0.15, -0.1) is 5.10 Å². The Bertz CT molecular complexity index is 632. The predicted molar refractivity (Wildman–Crippen MR) is 60.4 cm³/mol. The van der Waals surface area contributed by atoms with Crippen LogP contribution in [0.5, 0.6) is 0 Å². The van der Waals surface area contributed by atoms with Gasteiger partial charge in [0.25, 0.3) is 0 Å². The lowest BCUT2D eigenvalue weighted by molar-refractivity contribution is -0.137. The number of carboxylic acids is 1. The van der Waals surface area contributed by atoms with Gasteiger partial charge in [-0.05, 0) is 22.6 Å². The highest BCUT2D eigenvalue weighted by atomic mass is 35.5. The van der Waals surface area contributed by atoms with Crippen molar-refractivity contribution < 1.29 is 18.7 Å². The van der Waals surface area contributed by atoms with Gasteiger partial charge < -0.3 is 5.11 Å². The molecule has 2 rings (SSSR count). The number of rotatable bonds is 4. The van der Waals surface area contributed by atoms with Crippen LogP contribution in [-0.4, -0.2) is 31.3 Å². The molecule has 0 fully saturated rings. The highest BCUT2D eigenvalue weighted by Crippen LogP contribution is 2.26. The lowest BCUT2D eigenvalue weighted by atomic mass is 10.2. The first-order valence-electron chi connectivity index (χ1n) is 5.12. The smallest absolute Gasteiger partial charge is 0.305 e. The number of carbonyl (C=O) groups is 1. The molecule has 1 aromatic heterocycles. The van der Waals surface area contributed by atoms with Gasteiger partial charge in [0.2, 0.25) is 0 Å². The second-order valence-corrected chi connectivity index (χ2v) is 4.02. The van der Waals surface area contributed by atoms with Crippen molar-refractivity contribution >= 4 is 17.6 Å². The summed E-state index contributed by atoms with van der Waals surface area (Å²) in [6.07, 6.45) is -0.240. The lowest BCUT2D eigenvalue weighted by Crippen LogP contribution is -2.08. The van der Waals surface area contributed by atoms with Crippen LogP contribution >= 0.6 is 11.6 Å². The highest BCUT2D eigenvalue weighted by molar-refractivity contribution is 6.30. The minimum absolute atomic E-state index is 0.0542. The van der Waals surface area contributed by atoms with Gasteiger partial charge in [0, 0.05) is 0 Å². The maximum atomic E-state index is 13.7. The molecule has 0 bridgehead atoms. The van der Waals surface area contributed by atoms with Gasteiger partial charge in [0.05, 0.1) is 23.6 Å². The summed E-state index contributed by atoms with van der Waals surface area (Å²) in [7, 11) is 0. The number of aliphatic carboxylic acids is 1. The summed E-state index contributed by atoms with van der Waals surface area (Å²) < 4.78 is 28.1. The molecule has 0 atom stereocenters. The minimum atomic E-state index is -1.05. The quantitative estimate of drug-likeness (QED) is 0.867. The molecular weight excluding hydrogens is 282 g/mol. The van der Waals surface area contributed by atoms with Crippen molar-refractivity contribution in [2.75, 3.05) is 0 Å². The number of hydrogen-bond donors (Lipinski definition) is 1. The van der Waals surface area contributed by atoms with E-state index < -0.39 is 17.6 Å². The monoisotopic (exact) mass is 288 g/mol. The zero-order chi connectivity index (χ0) is 14.0. The second-order valence-electron chi connectivity index (χ2n) is 3.62. The van der Waals surface area contributed by atoms with Crippen LogP contribution in [0.15, 0.2) is 12.1 Å². The summed E-state index contributed by atoms with van der Waals surface area (Å²) in [5.74, 6) is -2.72. The van der Waals surface area contributed by atoms with Crippen LogP contribution in [0.2, 0.25) is 5.02 Å². The van der Waals surface area contributed by atoms with E-state index in [1.807, 2.05) is 0 Å². The van der Waals surface area contributed by atoms with Gasteiger partial charge in [-0.3, -0.25) is 4.79 Å².